The minimum Gasteiger partial charge on any atom is -0.339 e. The first-order valence-electron chi connectivity index (χ1n) is 8.47. The Bertz CT molecular complexity index is 505. The number of aryl methyl sites for hydroxylation is 1. The van der Waals surface area contributed by atoms with Gasteiger partial charge < -0.3 is 10.2 Å². The second-order valence-electron chi connectivity index (χ2n) is 6.72. The third-order valence-corrected chi connectivity index (χ3v) is 4.62. The molecule has 22 heavy (non-hydrogen) atoms. The largest absolute Gasteiger partial charge is 0.339 e. The molecule has 0 radical (unpaired) electrons. The summed E-state index contributed by atoms with van der Waals surface area (Å²) in [5.74, 6) is 1.09. The zero-order valence-electron chi connectivity index (χ0n) is 13.6. The maximum atomic E-state index is 12.2. The van der Waals surface area contributed by atoms with Crippen LogP contribution in [0.5, 0.6) is 0 Å². The van der Waals surface area contributed by atoms with Crippen LogP contribution >= 0.6 is 0 Å². The number of rotatable bonds is 6. The molecule has 3 rings (SSSR count). The SMILES string of the molecule is Cc1cccc(CN2CCN(C(=O)CNCC3CC3)CC2)c1. The van der Waals surface area contributed by atoms with Gasteiger partial charge in [-0.1, -0.05) is 29.8 Å². The van der Waals surface area contributed by atoms with Gasteiger partial charge in [-0.3, -0.25) is 9.69 Å². The number of hydrogen-bond acceptors (Lipinski definition) is 3. The molecule has 1 amide bonds. The summed E-state index contributed by atoms with van der Waals surface area (Å²) < 4.78 is 0. The molecule has 1 heterocycles. The molecule has 1 aromatic carbocycles. The van der Waals surface area contributed by atoms with E-state index in [-0.39, 0.29) is 5.91 Å². The third-order valence-electron chi connectivity index (χ3n) is 4.62. The van der Waals surface area contributed by atoms with E-state index in [0.717, 1.165) is 45.2 Å². The van der Waals surface area contributed by atoms with Crippen molar-refractivity contribution in [3.05, 3.63) is 35.4 Å². The first-order valence-corrected chi connectivity index (χ1v) is 8.47. The molecule has 4 heteroatoms. The lowest BCUT2D eigenvalue weighted by Crippen LogP contribution is -2.50. The first-order chi connectivity index (χ1) is 10.7. The van der Waals surface area contributed by atoms with Crippen molar-refractivity contribution in [1.82, 2.24) is 15.1 Å². The Labute approximate surface area is 133 Å². The molecule has 2 fully saturated rings. The summed E-state index contributed by atoms with van der Waals surface area (Å²) in [6.07, 6.45) is 2.66. The predicted octanol–water partition coefficient (Wildman–Crippen LogP) is 1.64. The summed E-state index contributed by atoms with van der Waals surface area (Å²) in [5, 5.41) is 3.30. The zero-order valence-corrected chi connectivity index (χ0v) is 13.6. The van der Waals surface area contributed by atoms with Gasteiger partial charge in [-0.15, -0.1) is 0 Å². The quantitative estimate of drug-likeness (QED) is 0.867. The Kier molecular flexibility index (Phi) is 5.11. The van der Waals surface area contributed by atoms with E-state index in [0.29, 0.717) is 6.54 Å². The van der Waals surface area contributed by atoms with E-state index < -0.39 is 0 Å². The minimum atomic E-state index is 0.260. The lowest BCUT2D eigenvalue weighted by molar-refractivity contribution is -0.132. The lowest BCUT2D eigenvalue weighted by Gasteiger charge is -2.35. The monoisotopic (exact) mass is 301 g/mol. The second kappa shape index (κ2) is 7.25. The summed E-state index contributed by atoms with van der Waals surface area (Å²) in [5.41, 5.74) is 2.68. The number of nitrogens with one attached hydrogen (secondary N) is 1. The molecule has 1 aliphatic carbocycles. The van der Waals surface area contributed by atoms with Crippen LogP contribution in [0.2, 0.25) is 0 Å². The summed E-state index contributed by atoms with van der Waals surface area (Å²) >= 11 is 0. The molecule has 2 aliphatic rings. The van der Waals surface area contributed by atoms with E-state index in [1.165, 1.54) is 24.0 Å². The summed E-state index contributed by atoms with van der Waals surface area (Å²) in [6.45, 7) is 8.31. The lowest BCUT2D eigenvalue weighted by atomic mass is 10.1. The highest BCUT2D eigenvalue weighted by molar-refractivity contribution is 5.78. The average Bonchev–Trinajstić information content (AvgIpc) is 3.32. The smallest absolute Gasteiger partial charge is 0.236 e. The minimum absolute atomic E-state index is 0.260. The van der Waals surface area contributed by atoms with Crippen LogP contribution in [0.25, 0.3) is 0 Å². The van der Waals surface area contributed by atoms with Crippen molar-refractivity contribution >= 4 is 5.91 Å². The Morgan fingerprint density at radius 2 is 2.00 bits per heavy atom. The highest BCUT2D eigenvalue weighted by Gasteiger charge is 2.23. The molecule has 1 saturated carbocycles. The van der Waals surface area contributed by atoms with Crippen molar-refractivity contribution in [3.8, 4) is 0 Å². The summed E-state index contributed by atoms with van der Waals surface area (Å²) in [6, 6.07) is 8.69. The zero-order chi connectivity index (χ0) is 15.4. The van der Waals surface area contributed by atoms with Crippen LogP contribution in [0.15, 0.2) is 24.3 Å². The molecule has 0 spiro atoms. The fourth-order valence-corrected chi connectivity index (χ4v) is 3.04. The fraction of sp³-hybridized carbons (Fsp3) is 0.611. The Morgan fingerprint density at radius 1 is 1.23 bits per heavy atom. The molecule has 1 aromatic rings. The normalized spacial score (nSPS) is 19.4. The van der Waals surface area contributed by atoms with Crippen molar-refractivity contribution in [3.63, 3.8) is 0 Å². The van der Waals surface area contributed by atoms with Gasteiger partial charge in [0, 0.05) is 32.7 Å². The molecule has 1 saturated heterocycles. The van der Waals surface area contributed by atoms with E-state index >= 15 is 0 Å². The second-order valence-corrected chi connectivity index (χ2v) is 6.72. The van der Waals surface area contributed by atoms with Crippen molar-refractivity contribution in [2.45, 2.75) is 26.3 Å². The Balaban J connectivity index is 1.38. The molecule has 0 unspecified atom stereocenters. The van der Waals surface area contributed by atoms with Crippen LogP contribution in [-0.2, 0) is 11.3 Å². The van der Waals surface area contributed by atoms with Crippen molar-refractivity contribution in [1.29, 1.82) is 0 Å². The van der Waals surface area contributed by atoms with E-state index in [9.17, 15) is 4.79 Å². The molecule has 0 bridgehead atoms. The van der Waals surface area contributed by atoms with Crippen molar-refractivity contribution < 1.29 is 4.79 Å². The van der Waals surface area contributed by atoms with E-state index in [2.05, 4.69) is 41.4 Å². The van der Waals surface area contributed by atoms with Crippen LogP contribution < -0.4 is 5.32 Å². The number of carbonyl (C=O) groups excluding carboxylic acids is 1. The first kappa shape index (κ1) is 15.5. The molecular weight excluding hydrogens is 274 g/mol. The van der Waals surface area contributed by atoms with Gasteiger partial charge in [-0.2, -0.15) is 0 Å². The molecule has 4 nitrogen and oxygen atoms in total. The molecule has 0 atom stereocenters. The van der Waals surface area contributed by atoms with Crippen LogP contribution in [-0.4, -0.2) is 55.0 Å². The van der Waals surface area contributed by atoms with Crippen LogP contribution in [0.3, 0.4) is 0 Å². The number of benzene rings is 1. The van der Waals surface area contributed by atoms with Gasteiger partial charge in [-0.25, -0.2) is 0 Å². The molecule has 1 N–H and O–H groups in total. The van der Waals surface area contributed by atoms with Crippen molar-refractivity contribution in [2.75, 3.05) is 39.3 Å². The topological polar surface area (TPSA) is 35.6 Å². The van der Waals surface area contributed by atoms with Gasteiger partial charge in [0.2, 0.25) is 5.91 Å². The van der Waals surface area contributed by atoms with Gasteiger partial charge in [0.1, 0.15) is 0 Å². The van der Waals surface area contributed by atoms with Gasteiger partial charge in [-0.05, 0) is 37.8 Å². The summed E-state index contributed by atoms with van der Waals surface area (Å²) in [4.78, 5) is 16.6. The predicted molar refractivity (Wildman–Crippen MR) is 88.6 cm³/mol. The van der Waals surface area contributed by atoms with Crippen molar-refractivity contribution in [2.24, 2.45) is 5.92 Å². The van der Waals surface area contributed by atoms with E-state index in [1.54, 1.807) is 0 Å². The molecule has 120 valence electrons. The number of carbonyl (C=O) groups is 1. The highest BCUT2D eigenvalue weighted by Crippen LogP contribution is 2.27. The Morgan fingerprint density at radius 3 is 2.68 bits per heavy atom. The maximum absolute atomic E-state index is 12.2. The third kappa shape index (κ3) is 4.55. The Hall–Kier alpha value is -1.39. The fourth-order valence-electron chi connectivity index (χ4n) is 3.04. The average molecular weight is 301 g/mol. The van der Waals surface area contributed by atoms with Crippen LogP contribution in [0, 0.1) is 12.8 Å². The maximum Gasteiger partial charge on any atom is 0.236 e. The number of hydrogen-bond donors (Lipinski definition) is 1. The van der Waals surface area contributed by atoms with Crippen LogP contribution in [0.4, 0.5) is 0 Å². The number of piperazine rings is 1. The molecule has 0 aromatic heterocycles. The summed E-state index contributed by atoms with van der Waals surface area (Å²) in [7, 11) is 0. The van der Waals surface area contributed by atoms with Gasteiger partial charge in [0.05, 0.1) is 6.54 Å². The van der Waals surface area contributed by atoms with E-state index in [4.69, 9.17) is 0 Å². The van der Waals surface area contributed by atoms with E-state index in [1.807, 2.05) is 4.90 Å². The molecule has 1 aliphatic heterocycles. The van der Waals surface area contributed by atoms with Gasteiger partial charge in [0.15, 0.2) is 0 Å². The number of nitrogens with zero attached hydrogens (tertiary/aromatic N) is 2. The van der Waals surface area contributed by atoms with Gasteiger partial charge in [0.25, 0.3) is 0 Å². The number of amides is 1. The van der Waals surface area contributed by atoms with Gasteiger partial charge >= 0.3 is 0 Å². The highest BCUT2D eigenvalue weighted by atomic mass is 16.2. The van der Waals surface area contributed by atoms with Crippen LogP contribution in [0.1, 0.15) is 24.0 Å². The molecular formula is C18H27N3O. The standard InChI is InChI=1S/C18H27N3O/c1-15-3-2-4-17(11-15)14-20-7-9-21(10-8-20)18(22)13-19-12-16-5-6-16/h2-4,11,16,19H,5-10,12-14H2,1H3.